The molecule has 1 nitrogen and oxygen atoms in total. The van der Waals surface area contributed by atoms with Gasteiger partial charge in [0.1, 0.15) is 0 Å². The van der Waals surface area contributed by atoms with Crippen LogP contribution in [-0.4, -0.2) is 14.1 Å². The van der Waals surface area contributed by atoms with E-state index in [0.717, 1.165) is 0 Å². The van der Waals surface area contributed by atoms with Crippen molar-refractivity contribution < 1.29 is 0 Å². The summed E-state index contributed by atoms with van der Waals surface area (Å²) < 4.78 is 0. The lowest BCUT2D eigenvalue weighted by Gasteiger charge is -2.15. The van der Waals surface area contributed by atoms with Crippen molar-refractivity contribution in [2.75, 3.05) is 19.0 Å². The molecule has 0 bridgehead atoms. The van der Waals surface area contributed by atoms with Crippen LogP contribution in [0.5, 0.6) is 0 Å². The highest BCUT2D eigenvalue weighted by atomic mass is 31.0. The van der Waals surface area contributed by atoms with Crippen molar-refractivity contribution in [2.45, 2.75) is 25.4 Å². The maximum Gasteiger partial charge on any atom is 0.0361 e. The van der Waals surface area contributed by atoms with E-state index in [1.54, 1.807) is 0 Å². The number of anilines is 1. The van der Waals surface area contributed by atoms with Crippen LogP contribution in [0.3, 0.4) is 0 Å². The Bertz CT molecular complexity index is 266. The second-order valence-corrected chi connectivity index (χ2v) is 4.69. The van der Waals surface area contributed by atoms with Crippen LogP contribution in [0.25, 0.3) is 0 Å². The Labute approximate surface area is 89.7 Å². The smallest absolute Gasteiger partial charge is 0.0361 e. The standard InChI is InChI=1S/C12H20NP/c1-4-5-12(14)10-6-8-11(9-7-10)13(2)3/h6-9,12H,4-5,14H2,1-3H3. The molecule has 1 rings (SSSR count). The summed E-state index contributed by atoms with van der Waals surface area (Å²) in [6, 6.07) is 8.81. The predicted molar refractivity (Wildman–Crippen MR) is 68.1 cm³/mol. The summed E-state index contributed by atoms with van der Waals surface area (Å²) in [6.07, 6.45) is 2.48. The highest BCUT2D eigenvalue weighted by Gasteiger charge is 2.04. The van der Waals surface area contributed by atoms with Gasteiger partial charge in [0.2, 0.25) is 0 Å². The second-order valence-electron chi connectivity index (χ2n) is 3.88. The summed E-state index contributed by atoms with van der Waals surface area (Å²) in [4.78, 5) is 2.13. The van der Waals surface area contributed by atoms with E-state index in [2.05, 4.69) is 59.4 Å². The molecule has 2 atom stereocenters. The number of hydrogen-bond donors (Lipinski definition) is 0. The molecule has 0 aromatic heterocycles. The number of nitrogens with zero attached hydrogens (tertiary/aromatic N) is 1. The first kappa shape index (κ1) is 11.5. The quantitative estimate of drug-likeness (QED) is 0.686. The van der Waals surface area contributed by atoms with Crippen molar-refractivity contribution in [1.82, 2.24) is 0 Å². The minimum atomic E-state index is 0.608. The van der Waals surface area contributed by atoms with Gasteiger partial charge in [0.25, 0.3) is 0 Å². The van der Waals surface area contributed by atoms with E-state index in [9.17, 15) is 0 Å². The second kappa shape index (κ2) is 5.36. The molecule has 0 heterocycles. The predicted octanol–water partition coefficient (Wildman–Crippen LogP) is 3.47. The zero-order valence-corrected chi connectivity index (χ0v) is 10.5. The van der Waals surface area contributed by atoms with E-state index >= 15 is 0 Å². The molecule has 1 aromatic rings. The van der Waals surface area contributed by atoms with Gasteiger partial charge in [0, 0.05) is 19.8 Å². The first-order valence-electron chi connectivity index (χ1n) is 5.18. The summed E-state index contributed by atoms with van der Waals surface area (Å²) in [5.41, 5.74) is 3.29. The molecule has 0 radical (unpaired) electrons. The van der Waals surface area contributed by atoms with E-state index in [1.807, 2.05) is 0 Å². The molecule has 0 amide bonds. The van der Waals surface area contributed by atoms with E-state index in [4.69, 9.17) is 0 Å². The van der Waals surface area contributed by atoms with Crippen LogP contribution in [0.4, 0.5) is 5.69 Å². The molecule has 2 unspecified atom stereocenters. The lowest BCUT2D eigenvalue weighted by Crippen LogP contribution is -2.08. The minimum Gasteiger partial charge on any atom is -0.378 e. The molecular formula is C12H20NP. The number of benzene rings is 1. The molecule has 0 spiro atoms. The Morgan fingerprint density at radius 1 is 1.21 bits per heavy atom. The van der Waals surface area contributed by atoms with Crippen LogP contribution in [-0.2, 0) is 0 Å². The van der Waals surface area contributed by atoms with E-state index < -0.39 is 0 Å². The normalized spacial score (nSPS) is 12.6. The first-order chi connectivity index (χ1) is 6.65. The van der Waals surface area contributed by atoms with Crippen LogP contribution in [0.15, 0.2) is 24.3 Å². The fraction of sp³-hybridized carbons (Fsp3) is 0.500. The number of rotatable bonds is 4. The minimum absolute atomic E-state index is 0.608. The molecule has 0 fully saturated rings. The SMILES string of the molecule is CCCC(P)c1ccc(N(C)C)cc1. The molecule has 0 N–H and O–H groups in total. The van der Waals surface area contributed by atoms with Crippen molar-refractivity contribution in [3.8, 4) is 0 Å². The van der Waals surface area contributed by atoms with Crippen LogP contribution < -0.4 is 4.90 Å². The Balaban J connectivity index is 2.72. The van der Waals surface area contributed by atoms with E-state index in [1.165, 1.54) is 24.1 Å². The van der Waals surface area contributed by atoms with E-state index in [0.29, 0.717) is 5.66 Å². The van der Waals surface area contributed by atoms with Gasteiger partial charge in [-0.05, 0) is 29.8 Å². The lowest BCUT2D eigenvalue weighted by molar-refractivity contribution is 0.779. The van der Waals surface area contributed by atoms with Crippen molar-refractivity contribution in [1.29, 1.82) is 0 Å². The van der Waals surface area contributed by atoms with Crippen molar-refractivity contribution in [3.63, 3.8) is 0 Å². The molecule has 1 aromatic carbocycles. The zero-order valence-electron chi connectivity index (χ0n) is 9.33. The van der Waals surface area contributed by atoms with Crippen molar-refractivity contribution in [2.24, 2.45) is 0 Å². The van der Waals surface area contributed by atoms with Gasteiger partial charge in [0.15, 0.2) is 0 Å². The van der Waals surface area contributed by atoms with Gasteiger partial charge in [0.05, 0.1) is 0 Å². The molecule has 2 heteroatoms. The van der Waals surface area contributed by atoms with Gasteiger partial charge < -0.3 is 4.90 Å². The third-order valence-electron chi connectivity index (χ3n) is 2.44. The fourth-order valence-electron chi connectivity index (χ4n) is 1.50. The van der Waals surface area contributed by atoms with Crippen LogP contribution >= 0.6 is 9.24 Å². The van der Waals surface area contributed by atoms with Crippen molar-refractivity contribution in [3.05, 3.63) is 29.8 Å². The molecule has 0 saturated heterocycles. The van der Waals surface area contributed by atoms with Crippen LogP contribution in [0, 0.1) is 0 Å². The zero-order chi connectivity index (χ0) is 10.6. The molecule has 0 aliphatic carbocycles. The maximum absolute atomic E-state index is 2.92. The summed E-state index contributed by atoms with van der Waals surface area (Å²) in [7, 11) is 7.06. The molecule has 0 aliphatic heterocycles. The van der Waals surface area contributed by atoms with Gasteiger partial charge in [-0.3, -0.25) is 0 Å². The highest BCUT2D eigenvalue weighted by molar-refractivity contribution is 7.17. The fourth-order valence-corrected chi connectivity index (χ4v) is 2.05. The molecule has 0 saturated carbocycles. The third kappa shape index (κ3) is 2.99. The van der Waals surface area contributed by atoms with E-state index in [-0.39, 0.29) is 0 Å². The Kier molecular flexibility index (Phi) is 4.41. The van der Waals surface area contributed by atoms with Gasteiger partial charge in [-0.2, -0.15) is 0 Å². The van der Waals surface area contributed by atoms with Gasteiger partial charge in [-0.15, -0.1) is 9.24 Å². The highest BCUT2D eigenvalue weighted by Crippen LogP contribution is 2.28. The Morgan fingerprint density at radius 3 is 2.21 bits per heavy atom. The average Bonchev–Trinajstić information content (AvgIpc) is 2.18. The van der Waals surface area contributed by atoms with Crippen LogP contribution in [0.2, 0.25) is 0 Å². The molecular weight excluding hydrogens is 189 g/mol. The average molecular weight is 209 g/mol. The summed E-state index contributed by atoms with van der Waals surface area (Å²) in [6.45, 7) is 2.23. The van der Waals surface area contributed by atoms with Gasteiger partial charge in [-0.25, -0.2) is 0 Å². The number of hydrogen-bond acceptors (Lipinski definition) is 1. The summed E-state index contributed by atoms with van der Waals surface area (Å²) >= 11 is 0. The third-order valence-corrected chi connectivity index (χ3v) is 3.16. The molecule has 14 heavy (non-hydrogen) atoms. The molecule has 0 aliphatic rings. The summed E-state index contributed by atoms with van der Waals surface area (Å²) in [5, 5.41) is 0. The summed E-state index contributed by atoms with van der Waals surface area (Å²) in [5.74, 6) is 0. The maximum atomic E-state index is 2.92. The Hall–Kier alpha value is -0.550. The Morgan fingerprint density at radius 2 is 1.79 bits per heavy atom. The monoisotopic (exact) mass is 209 g/mol. The largest absolute Gasteiger partial charge is 0.378 e. The van der Waals surface area contributed by atoms with Gasteiger partial charge >= 0.3 is 0 Å². The van der Waals surface area contributed by atoms with Gasteiger partial charge in [-0.1, -0.05) is 25.5 Å². The van der Waals surface area contributed by atoms with Crippen LogP contribution in [0.1, 0.15) is 31.0 Å². The first-order valence-corrected chi connectivity index (χ1v) is 5.84. The lowest BCUT2D eigenvalue weighted by atomic mass is 10.1. The topological polar surface area (TPSA) is 3.24 Å². The molecule has 78 valence electrons. The van der Waals surface area contributed by atoms with Crippen molar-refractivity contribution >= 4 is 14.9 Å².